The first-order chi connectivity index (χ1) is 16.9. The topological polar surface area (TPSA) is 55.5 Å². The van der Waals surface area contributed by atoms with Gasteiger partial charge in [0.15, 0.2) is 0 Å². The maximum atomic E-state index is 12.3. The van der Waals surface area contributed by atoms with E-state index in [1.165, 1.54) is 22.4 Å². The summed E-state index contributed by atoms with van der Waals surface area (Å²) in [6, 6.07) is 13.0. The van der Waals surface area contributed by atoms with Crippen molar-refractivity contribution in [2.45, 2.75) is 20.4 Å². The van der Waals surface area contributed by atoms with E-state index in [0.29, 0.717) is 6.54 Å². The summed E-state index contributed by atoms with van der Waals surface area (Å²) in [6.45, 7) is 9.45. The summed E-state index contributed by atoms with van der Waals surface area (Å²) in [6.07, 6.45) is 3.99. The van der Waals surface area contributed by atoms with Gasteiger partial charge in [0.05, 0.1) is 0 Å². The Labute approximate surface area is 206 Å². The molecule has 0 spiro atoms. The van der Waals surface area contributed by atoms with E-state index in [1.54, 1.807) is 4.90 Å². The van der Waals surface area contributed by atoms with E-state index in [-0.39, 0.29) is 5.91 Å². The van der Waals surface area contributed by atoms with Crippen LogP contribution in [0, 0.1) is 13.8 Å². The number of hydrogen-bond acceptors (Lipinski definition) is 4. The molecule has 0 saturated carbocycles. The maximum Gasteiger partial charge on any atom is 0.254 e. The highest BCUT2D eigenvalue weighted by Gasteiger charge is 2.25. The number of aromatic amines is 1. The average Bonchev–Trinajstić information content (AvgIpc) is 3.39. The van der Waals surface area contributed by atoms with E-state index in [4.69, 9.17) is 4.98 Å². The molecule has 6 nitrogen and oxygen atoms in total. The van der Waals surface area contributed by atoms with Crippen LogP contribution in [0.3, 0.4) is 0 Å². The van der Waals surface area contributed by atoms with E-state index in [0.717, 1.165) is 65.0 Å². The lowest BCUT2D eigenvalue weighted by atomic mass is 9.96. The van der Waals surface area contributed by atoms with E-state index >= 15 is 0 Å². The Kier molecular flexibility index (Phi) is 5.15. The van der Waals surface area contributed by atoms with Gasteiger partial charge in [-0.25, -0.2) is 4.98 Å². The lowest BCUT2D eigenvalue weighted by molar-refractivity contribution is 0.0816. The highest BCUT2D eigenvalue weighted by atomic mass is 16.2. The average molecular weight is 466 g/mol. The molecule has 0 unspecified atom stereocenters. The summed E-state index contributed by atoms with van der Waals surface area (Å²) >= 11 is 0. The normalized spacial score (nSPS) is 16.4. The van der Waals surface area contributed by atoms with Crippen LogP contribution in [0.25, 0.3) is 33.3 Å². The van der Waals surface area contributed by atoms with Crippen molar-refractivity contribution in [1.29, 1.82) is 0 Å². The Morgan fingerprint density at radius 3 is 2.34 bits per heavy atom. The molecule has 6 rings (SSSR count). The molecule has 1 amide bonds. The number of rotatable bonds is 3. The van der Waals surface area contributed by atoms with Crippen LogP contribution in [0.4, 0.5) is 5.69 Å². The van der Waals surface area contributed by atoms with Crippen molar-refractivity contribution in [2.75, 3.05) is 45.2 Å². The summed E-state index contributed by atoms with van der Waals surface area (Å²) in [5.41, 5.74) is 11.3. The zero-order valence-electron chi connectivity index (χ0n) is 20.9. The molecule has 2 aromatic heterocycles. The number of carbonyl (C=O) groups is 1. The summed E-state index contributed by atoms with van der Waals surface area (Å²) in [5, 5.41) is 1.10. The molecule has 178 valence electrons. The summed E-state index contributed by atoms with van der Waals surface area (Å²) in [4.78, 5) is 27.1. The van der Waals surface area contributed by atoms with Crippen LogP contribution < -0.4 is 4.90 Å². The zero-order valence-corrected chi connectivity index (χ0v) is 20.9. The van der Waals surface area contributed by atoms with Gasteiger partial charge in [0.2, 0.25) is 0 Å². The predicted octanol–water partition coefficient (Wildman–Crippen LogP) is 4.85. The van der Waals surface area contributed by atoms with Gasteiger partial charge >= 0.3 is 0 Å². The Hall–Kier alpha value is -3.64. The van der Waals surface area contributed by atoms with Gasteiger partial charge in [0, 0.05) is 79.9 Å². The predicted molar refractivity (Wildman–Crippen MR) is 142 cm³/mol. The first kappa shape index (κ1) is 21.9. The Balaban J connectivity index is 1.37. The molecular formula is C29H31N5O. The van der Waals surface area contributed by atoms with E-state index in [9.17, 15) is 4.79 Å². The van der Waals surface area contributed by atoms with Crippen LogP contribution >= 0.6 is 0 Å². The van der Waals surface area contributed by atoms with E-state index in [2.05, 4.69) is 59.9 Å². The number of hydrogen-bond donors (Lipinski definition) is 1. The first-order valence-electron chi connectivity index (χ1n) is 12.3. The fourth-order valence-corrected chi connectivity index (χ4v) is 5.69. The monoisotopic (exact) mass is 465 g/mol. The molecule has 2 aromatic carbocycles. The molecule has 2 aliphatic heterocycles. The molecule has 1 fully saturated rings. The zero-order chi connectivity index (χ0) is 24.3. The maximum absolute atomic E-state index is 12.3. The van der Waals surface area contributed by atoms with Gasteiger partial charge < -0.3 is 19.7 Å². The van der Waals surface area contributed by atoms with Crippen LogP contribution in [0.2, 0.25) is 0 Å². The number of aryl methyl sites for hydroxylation is 2. The molecule has 2 aliphatic rings. The smallest absolute Gasteiger partial charge is 0.254 e. The highest BCUT2D eigenvalue weighted by molar-refractivity contribution is 6.00. The molecule has 0 atom stereocenters. The minimum absolute atomic E-state index is 0.0974. The van der Waals surface area contributed by atoms with E-state index < -0.39 is 0 Å². The lowest BCUT2D eigenvalue weighted by Gasteiger charge is -2.36. The van der Waals surface area contributed by atoms with Crippen molar-refractivity contribution < 1.29 is 4.79 Å². The number of pyridine rings is 1. The second kappa shape index (κ2) is 8.24. The lowest BCUT2D eigenvalue weighted by Crippen LogP contribution is -2.45. The number of nitrogens with one attached hydrogen (secondary N) is 1. The second-order valence-corrected chi connectivity index (χ2v) is 10.1. The van der Waals surface area contributed by atoms with Crippen LogP contribution in [-0.2, 0) is 6.54 Å². The van der Waals surface area contributed by atoms with Gasteiger partial charge in [-0.1, -0.05) is 6.07 Å². The Morgan fingerprint density at radius 1 is 0.857 bits per heavy atom. The van der Waals surface area contributed by atoms with Crippen LogP contribution in [-0.4, -0.2) is 65.9 Å². The minimum atomic E-state index is 0.0974. The third-order valence-corrected chi connectivity index (χ3v) is 7.58. The Morgan fingerprint density at radius 2 is 1.60 bits per heavy atom. The number of H-pyrrole nitrogens is 1. The van der Waals surface area contributed by atoms with Gasteiger partial charge in [0.25, 0.3) is 5.91 Å². The van der Waals surface area contributed by atoms with Crippen LogP contribution in [0.1, 0.15) is 27.0 Å². The van der Waals surface area contributed by atoms with Crippen molar-refractivity contribution in [1.82, 2.24) is 19.8 Å². The largest absolute Gasteiger partial charge is 0.369 e. The number of amides is 1. The number of aromatic nitrogens is 2. The second-order valence-electron chi connectivity index (χ2n) is 10.1. The molecule has 4 heterocycles. The molecule has 6 heteroatoms. The molecule has 1 N–H and O–H groups in total. The van der Waals surface area contributed by atoms with Crippen molar-refractivity contribution in [3.63, 3.8) is 0 Å². The quantitative estimate of drug-likeness (QED) is 0.470. The fraction of sp³-hybridized carbons (Fsp3) is 0.310. The summed E-state index contributed by atoms with van der Waals surface area (Å²) < 4.78 is 0. The van der Waals surface area contributed by atoms with Crippen LogP contribution in [0.15, 0.2) is 48.8 Å². The third-order valence-electron chi connectivity index (χ3n) is 7.58. The van der Waals surface area contributed by atoms with Gasteiger partial charge in [-0.15, -0.1) is 0 Å². The van der Waals surface area contributed by atoms with Crippen molar-refractivity contribution in [2.24, 2.45) is 0 Å². The number of carbonyl (C=O) groups excluding carboxylic acids is 1. The third kappa shape index (κ3) is 3.69. The number of likely N-dealkylation sites (N-methyl/N-ethyl adjacent to an activating group) is 1. The van der Waals surface area contributed by atoms with Gasteiger partial charge in [0.1, 0.15) is 5.65 Å². The minimum Gasteiger partial charge on any atom is -0.369 e. The van der Waals surface area contributed by atoms with E-state index in [1.807, 2.05) is 31.6 Å². The van der Waals surface area contributed by atoms with Crippen molar-refractivity contribution in [3.05, 3.63) is 71.0 Å². The molecule has 4 aromatic rings. The standard InChI is InChI=1S/C29H31N5O/c1-18-11-21(12-19(2)27(18)34-9-7-32(3)8-10-34)22-14-25-26(16-31-28(25)30-15-22)20-5-6-24-23(13-20)17-33(4)29(24)35/h5-6,11-16H,7-10,17H2,1-4H3,(H,30,31). The number of benzene rings is 2. The van der Waals surface area contributed by atoms with Crippen LogP contribution in [0.5, 0.6) is 0 Å². The molecule has 0 aliphatic carbocycles. The number of nitrogens with zero attached hydrogens (tertiary/aromatic N) is 4. The van der Waals surface area contributed by atoms with Crippen molar-refractivity contribution >= 4 is 22.6 Å². The Bertz CT molecular complexity index is 1440. The molecule has 0 bridgehead atoms. The number of anilines is 1. The fourth-order valence-electron chi connectivity index (χ4n) is 5.69. The number of piperazine rings is 1. The van der Waals surface area contributed by atoms with Crippen molar-refractivity contribution in [3.8, 4) is 22.3 Å². The molecular weight excluding hydrogens is 434 g/mol. The van der Waals surface area contributed by atoms with Gasteiger partial charge in [-0.05, 0) is 79.0 Å². The molecule has 0 radical (unpaired) electrons. The summed E-state index contributed by atoms with van der Waals surface area (Å²) in [5.74, 6) is 0.0974. The number of fused-ring (bicyclic) bond motifs is 2. The van der Waals surface area contributed by atoms with Gasteiger partial charge in [-0.2, -0.15) is 0 Å². The molecule has 1 saturated heterocycles. The summed E-state index contributed by atoms with van der Waals surface area (Å²) in [7, 11) is 4.04. The first-order valence-corrected chi connectivity index (χ1v) is 12.3. The highest BCUT2D eigenvalue weighted by Crippen LogP contribution is 2.36. The molecule has 35 heavy (non-hydrogen) atoms. The van der Waals surface area contributed by atoms with Gasteiger partial charge in [-0.3, -0.25) is 4.79 Å². The SMILES string of the molecule is Cc1cc(-c2cnc3[nH]cc(-c4ccc5c(c4)CN(C)C5=O)c3c2)cc(C)c1N1CCN(C)CC1.